The summed E-state index contributed by atoms with van der Waals surface area (Å²) in [5, 5.41) is 3.03. The van der Waals surface area contributed by atoms with Crippen molar-refractivity contribution in [1.29, 1.82) is 0 Å². The molecule has 0 saturated carbocycles. The lowest BCUT2D eigenvalue weighted by Crippen LogP contribution is -2.43. The van der Waals surface area contributed by atoms with Gasteiger partial charge in [-0.15, -0.1) is 0 Å². The summed E-state index contributed by atoms with van der Waals surface area (Å²) in [4.78, 5) is 12.5. The summed E-state index contributed by atoms with van der Waals surface area (Å²) in [5.74, 6) is 1.77. The average molecular weight is 461 g/mol. The number of thioether (sulfide) groups is 1. The minimum absolute atomic E-state index is 0.0225. The molecule has 168 valence electrons. The first-order valence-corrected chi connectivity index (χ1v) is 13.6. The van der Waals surface area contributed by atoms with Gasteiger partial charge < -0.3 is 5.32 Å². The molecule has 2 aromatic carbocycles. The molecule has 0 bridgehead atoms. The van der Waals surface area contributed by atoms with Crippen molar-refractivity contribution in [2.75, 3.05) is 25.4 Å². The lowest BCUT2D eigenvalue weighted by atomic mass is 9.97. The van der Waals surface area contributed by atoms with Gasteiger partial charge in [0.1, 0.15) is 0 Å². The van der Waals surface area contributed by atoms with Gasteiger partial charge in [0.15, 0.2) is 0 Å². The van der Waals surface area contributed by atoms with Gasteiger partial charge in [-0.2, -0.15) is 11.8 Å². The van der Waals surface area contributed by atoms with Crippen LogP contribution in [-0.2, 0) is 26.3 Å². The van der Waals surface area contributed by atoms with Crippen LogP contribution in [-0.4, -0.2) is 44.0 Å². The SMILES string of the molecule is Cc1ccccc1CSCCNC(=O)C1CCN(S(=O)(=O)Cc2ccccc2C)CC1. The van der Waals surface area contributed by atoms with Crippen LogP contribution < -0.4 is 5.32 Å². The number of aryl methyl sites for hydroxylation is 2. The number of piperidine rings is 1. The first-order chi connectivity index (χ1) is 14.9. The molecule has 0 unspecified atom stereocenters. The number of carbonyl (C=O) groups excluding carboxylic acids is 1. The van der Waals surface area contributed by atoms with E-state index in [2.05, 4.69) is 30.4 Å². The second kappa shape index (κ2) is 11.2. The summed E-state index contributed by atoms with van der Waals surface area (Å²) >= 11 is 1.81. The highest BCUT2D eigenvalue weighted by atomic mass is 32.2. The fraction of sp³-hybridized carbons (Fsp3) is 0.458. The van der Waals surface area contributed by atoms with E-state index in [9.17, 15) is 13.2 Å². The molecule has 5 nitrogen and oxygen atoms in total. The van der Waals surface area contributed by atoms with E-state index >= 15 is 0 Å². The minimum Gasteiger partial charge on any atom is -0.355 e. The molecule has 7 heteroatoms. The highest BCUT2D eigenvalue weighted by Crippen LogP contribution is 2.23. The van der Waals surface area contributed by atoms with Crippen LogP contribution in [0.15, 0.2) is 48.5 Å². The summed E-state index contributed by atoms with van der Waals surface area (Å²) in [5.41, 5.74) is 4.45. The maximum absolute atomic E-state index is 12.8. The molecule has 3 rings (SSSR count). The first kappa shape index (κ1) is 23.8. The smallest absolute Gasteiger partial charge is 0.223 e. The Bertz CT molecular complexity index is 984. The predicted molar refractivity (Wildman–Crippen MR) is 128 cm³/mol. The standard InChI is InChI=1S/C24H32N2O3S2/c1-19-7-3-5-9-22(19)17-30-16-13-25-24(27)21-11-14-26(15-12-21)31(28,29)18-23-10-6-4-8-20(23)2/h3-10,21H,11-18H2,1-2H3,(H,25,27). The van der Waals surface area contributed by atoms with Crippen LogP contribution in [0.1, 0.15) is 35.1 Å². The number of sulfonamides is 1. The fourth-order valence-electron chi connectivity index (χ4n) is 3.80. The Kier molecular flexibility index (Phi) is 8.58. The second-order valence-corrected chi connectivity index (χ2v) is 11.2. The summed E-state index contributed by atoms with van der Waals surface area (Å²) in [6.07, 6.45) is 1.16. The molecule has 0 radical (unpaired) electrons. The second-order valence-electron chi connectivity index (χ2n) is 8.13. The van der Waals surface area contributed by atoms with Crippen molar-refractivity contribution in [3.05, 3.63) is 70.8 Å². The van der Waals surface area contributed by atoms with Crippen molar-refractivity contribution < 1.29 is 13.2 Å². The van der Waals surface area contributed by atoms with E-state index in [4.69, 9.17) is 0 Å². The first-order valence-electron chi connectivity index (χ1n) is 10.8. The van der Waals surface area contributed by atoms with Crippen LogP contribution in [0.3, 0.4) is 0 Å². The van der Waals surface area contributed by atoms with Crippen LogP contribution in [0.25, 0.3) is 0 Å². The Morgan fingerprint density at radius 3 is 2.19 bits per heavy atom. The molecule has 1 N–H and O–H groups in total. The van der Waals surface area contributed by atoms with Crippen LogP contribution in [0.5, 0.6) is 0 Å². The van der Waals surface area contributed by atoms with Crippen LogP contribution in [0, 0.1) is 19.8 Å². The molecular formula is C24H32N2O3S2. The van der Waals surface area contributed by atoms with Gasteiger partial charge in [-0.05, 0) is 48.9 Å². The monoisotopic (exact) mass is 460 g/mol. The number of hydrogen-bond acceptors (Lipinski definition) is 4. The third-order valence-electron chi connectivity index (χ3n) is 5.88. The van der Waals surface area contributed by atoms with Crippen molar-refractivity contribution >= 4 is 27.7 Å². The van der Waals surface area contributed by atoms with Crippen LogP contribution in [0.4, 0.5) is 0 Å². The van der Waals surface area contributed by atoms with E-state index in [0.717, 1.165) is 22.6 Å². The molecular weight excluding hydrogens is 428 g/mol. The highest BCUT2D eigenvalue weighted by Gasteiger charge is 2.31. The number of amides is 1. The summed E-state index contributed by atoms with van der Waals surface area (Å²) in [6.45, 7) is 5.51. The topological polar surface area (TPSA) is 66.5 Å². The molecule has 1 aliphatic heterocycles. The number of carbonyl (C=O) groups is 1. The molecule has 0 aromatic heterocycles. The number of nitrogens with zero attached hydrogens (tertiary/aromatic N) is 1. The lowest BCUT2D eigenvalue weighted by molar-refractivity contribution is -0.125. The number of benzene rings is 2. The van der Waals surface area contributed by atoms with Crippen molar-refractivity contribution in [2.24, 2.45) is 5.92 Å². The number of nitrogens with one attached hydrogen (secondary N) is 1. The minimum atomic E-state index is -3.36. The summed E-state index contributed by atoms with van der Waals surface area (Å²) in [6, 6.07) is 15.9. The molecule has 1 heterocycles. The Balaban J connectivity index is 1.38. The third kappa shape index (κ3) is 6.82. The van der Waals surface area contributed by atoms with Gasteiger partial charge in [0.05, 0.1) is 5.75 Å². The largest absolute Gasteiger partial charge is 0.355 e. The van der Waals surface area contributed by atoms with Gasteiger partial charge in [0, 0.05) is 37.1 Å². The molecule has 0 aliphatic carbocycles. The van der Waals surface area contributed by atoms with Gasteiger partial charge in [-0.3, -0.25) is 4.79 Å². The van der Waals surface area contributed by atoms with E-state index in [1.54, 1.807) is 4.31 Å². The molecule has 2 aromatic rings. The maximum atomic E-state index is 12.8. The van der Waals surface area contributed by atoms with Gasteiger partial charge >= 0.3 is 0 Å². The van der Waals surface area contributed by atoms with Crippen LogP contribution in [0.2, 0.25) is 0 Å². The van der Waals surface area contributed by atoms with Crippen molar-refractivity contribution in [1.82, 2.24) is 9.62 Å². The Morgan fingerprint density at radius 2 is 1.58 bits per heavy atom. The van der Waals surface area contributed by atoms with Gasteiger partial charge in [-0.25, -0.2) is 12.7 Å². The lowest BCUT2D eigenvalue weighted by Gasteiger charge is -2.30. The van der Waals surface area contributed by atoms with E-state index in [1.807, 2.05) is 49.0 Å². The molecule has 1 amide bonds. The molecule has 0 atom stereocenters. The predicted octanol–water partition coefficient (Wildman–Crippen LogP) is 3.89. The molecule has 31 heavy (non-hydrogen) atoms. The molecule has 1 saturated heterocycles. The van der Waals surface area contributed by atoms with E-state index in [0.29, 0.717) is 32.5 Å². The van der Waals surface area contributed by atoms with Crippen molar-refractivity contribution in [3.8, 4) is 0 Å². The molecule has 1 aliphatic rings. The van der Waals surface area contributed by atoms with E-state index in [1.165, 1.54) is 11.1 Å². The third-order valence-corrected chi connectivity index (χ3v) is 8.72. The van der Waals surface area contributed by atoms with Crippen molar-refractivity contribution in [3.63, 3.8) is 0 Å². The quantitative estimate of drug-likeness (QED) is 0.577. The summed E-state index contributed by atoms with van der Waals surface area (Å²) in [7, 11) is -3.36. The van der Waals surface area contributed by atoms with Gasteiger partial charge in [0.2, 0.25) is 15.9 Å². The van der Waals surface area contributed by atoms with E-state index < -0.39 is 10.0 Å². The molecule has 0 spiro atoms. The molecule has 1 fully saturated rings. The zero-order valence-electron chi connectivity index (χ0n) is 18.3. The number of rotatable bonds is 9. The zero-order valence-corrected chi connectivity index (χ0v) is 20.0. The normalized spacial score (nSPS) is 15.7. The van der Waals surface area contributed by atoms with Crippen LogP contribution >= 0.6 is 11.8 Å². The Hall–Kier alpha value is -1.83. The fourth-order valence-corrected chi connectivity index (χ4v) is 6.40. The van der Waals surface area contributed by atoms with Crippen molar-refractivity contribution in [2.45, 2.75) is 38.2 Å². The van der Waals surface area contributed by atoms with Gasteiger partial charge in [0.25, 0.3) is 0 Å². The van der Waals surface area contributed by atoms with E-state index in [-0.39, 0.29) is 17.6 Å². The average Bonchev–Trinajstić information content (AvgIpc) is 2.76. The maximum Gasteiger partial charge on any atom is 0.223 e. The Morgan fingerprint density at radius 1 is 1.00 bits per heavy atom. The number of hydrogen-bond donors (Lipinski definition) is 1. The highest BCUT2D eigenvalue weighted by molar-refractivity contribution is 7.98. The Labute approximate surface area is 190 Å². The van der Waals surface area contributed by atoms with Gasteiger partial charge in [-0.1, -0.05) is 48.5 Å². The zero-order chi connectivity index (χ0) is 22.3. The summed E-state index contributed by atoms with van der Waals surface area (Å²) < 4.78 is 27.1.